The van der Waals surface area contributed by atoms with E-state index in [9.17, 15) is 5.11 Å². The molecule has 120 valence electrons. The van der Waals surface area contributed by atoms with Gasteiger partial charge in [0.2, 0.25) is 0 Å². The van der Waals surface area contributed by atoms with E-state index in [1.54, 1.807) is 6.07 Å². The van der Waals surface area contributed by atoms with Crippen LogP contribution < -0.4 is 4.90 Å². The molecule has 0 fully saturated rings. The van der Waals surface area contributed by atoms with Crippen molar-refractivity contribution in [2.75, 3.05) is 4.90 Å². The smallest absolute Gasteiger partial charge is 0.115 e. The Balaban J connectivity index is 1.85. The average Bonchev–Trinajstić information content (AvgIpc) is 2.64. The number of aromatic hydroxyl groups is 1. The molecule has 2 heteroatoms. The van der Waals surface area contributed by atoms with Gasteiger partial charge in [0.1, 0.15) is 5.75 Å². The Hall–Kier alpha value is -2.74. The summed E-state index contributed by atoms with van der Waals surface area (Å²) >= 11 is 0. The summed E-state index contributed by atoms with van der Waals surface area (Å²) in [7, 11) is 0. The van der Waals surface area contributed by atoms with Crippen LogP contribution in [-0.4, -0.2) is 5.11 Å². The highest BCUT2D eigenvalue weighted by atomic mass is 16.3. The van der Waals surface area contributed by atoms with Gasteiger partial charge in [-0.15, -0.1) is 0 Å². The Morgan fingerprint density at radius 3 is 2.04 bits per heavy atom. The van der Waals surface area contributed by atoms with E-state index in [2.05, 4.69) is 59.5 Å². The Kier molecular flexibility index (Phi) is 3.96. The molecule has 3 aromatic rings. The maximum absolute atomic E-state index is 10.0. The van der Waals surface area contributed by atoms with Gasteiger partial charge >= 0.3 is 0 Å². The number of hydrogen-bond acceptors (Lipinski definition) is 2. The SMILES string of the molecule is Oc1ccc2c(c1)C(N(c1ccccc1)c1ccccc1)CCC2. The van der Waals surface area contributed by atoms with E-state index in [0.717, 1.165) is 12.8 Å². The van der Waals surface area contributed by atoms with Crippen molar-refractivity contribution < 1.29 is 5.11 Å². The van der Waals surface area contributed by atoms with Crippen molar-refractivity contribution in [3.63, 3.8) is 0 Å². The molecule has 0 radical (unpaired) electrons. The maximum atomic E-state index is 10.0. The van der Waals surface area contributed by atoms with Gasteiger partial charge in [0, 0.05) is 11.4 Å². The first-order valence-corrected chi connectivity index (χ1v) is 8.54. The highest BCUT2D eigenvalue weighted by molar-refractivity contribution is 5.65. The zero-order valence-corrected chi connectivity index (χ0v) is 13.6. The lowest BCUT2D eigenvalue weighted by Crippen LogP contribution is -2.27. The van der Waals surface area contributed by atoms with E-state index in [1.165, 1.54) is 28.9 Å². The van der Waals surface area contributed by atoms with Crippen LogP contribution in [0.3, 0.4) is 0 Å². The van der Waals surface area contributed by atoms with Crippen molar-refractivity contribution in [3.05, 3.63) is 90.0 Å². The minimum absolute atomic E-state index is 0.241. The summed E-state index contributed by atoms with van der Waals surface area (Å²) in [6, 6.07) is 27.1. The van der Waals surface area contributed by atoms with E-state index in [-0.39, 0.29) is 6.04 Å². The second kappa shape index (κ2) is 6.40. The molecule has 0 aromatic heterocycles. The van der Waals surface area contributed by atoms with E-state index in [1.807, 2.05) is 18.2 Å². The van der Waals surface area contributed by atoms with Crippen LogP contribution in [0.5, 0.6) is 5.75 Å². The summed E-state index contributed by atoms with van der Waals surface area (Å²) in [5.41, 5.74) is 4.96. The van der Waals surface area contributed by atoms with Crippen LogP contribution in [0.4, 0.5) is 11.4 Å². The fourth-order valence-electron chi connectivity index (χ4n) is 3.72. The lowest BCUT2D eigenvalue weighted by atomic mass is 9.86. The number of phenols is 1. The Bertz CT molecular complexity index is 774. The summed E-state index contributed by atoms with van der Waals surface area (Å²) < 4.78 is 0. The van der Waals surface area contributed by atoms with Crippen molar-refractivity contribution >= 4 is 11.4 Å². The molecular formula is C22H21NO. The van der Waals surface area contributed by atoms with Crippen LogP contribution in [0, 0.1) is 0 Å². The molecule has 0 saturated carbocycles. The molecule has 1 aliphatic carbocycles. The summed E-state index contributed by atoms with van der Waals surface area (Å²) in [6.07, 6.45) is 3.34. The van der Waals surface area contributed by atoms with Gasteiger partial charge in [-0.3, -0.25) is 0 Å². The number of phenolic OH excluding ortho intramolecular Hbond substituents is 1. The topological polar surface area (TPSA) is 23.5 Å². The molecule has 0 heterocycles. The van der Waals surface area contributed by atoms with Crippen molar-refractivity contribution in [2.45, 2.75) is 25.3 Å². The molecule has 0 saturated heterocycles. The second-order valence-electron chi connectivity index (χ2n) is 6.33. The molecule has 2 nitrogen and oxygen atoms in total. The van der Waals surface area contributed by atoms with Crippen LogP contribution >= 0.6 is 0 Å². The summed E-state index contributed by atoms with van der Waals surface area (Å²) in [4.78, 5) is 2.40. The average molecular weight is 315 g/mol. The highest BCUT2D eigenvalue weighted by Gasteiger charge is 2.27. The van der Waals surface area contributed by atoms with Gasteiger partial charge in [-0.05, 0) is 66.8 Å². The first-order chi connectivity index (χ1) is 11.8. The number of hydrogen-bond donors (Lipinski definition) is 1. The van der Waals surface area contributed by atoms with Gasteiger partial charge in [0.15, 0.2) is 0 Å². The molecule has 4 rings (SSSR count). The van der Waals surface area contributed by atoms with Crippen molar-refractivity contribution in [2.24, 2.45) is 0 Å². The Labute approximate surface area is 143 Å². The van der Waals surface area contributed by atoms with Gasteiger partial charge in [-0.2, -0.15) is 0 Å². The van der Waals surface area contributed by atoms with E-state index in [4.69, 9.17) is 0 Å². The summed E-state index contributed by atoms with van der Waals surface area (Å²) in [5, 5.41) is 10.0. The quantitative estimate of drug-likeness (QED) is 0.679. The van der Waals surface area contributed by atoms with Crippen molar-refractivity contribution in [3.8, 4) is 5.75 Å². The third-order valence-corrected chi connectivity index (χ3v) is 4.79. The van der Waals surface area contributed by atoms with E-state index in [0.29, 0.717) is 5.75 Å². The minimum Gasteiger partial charge on any atom is -0.508 e. The second-order valence-corrected chi connectivity index (χ2v) is 6.33. The van der Waals surface area contributed by atoms with Crippen LogP contribution in [0.15, 0.2) is 78.9 Å². The molecule has 3 aromatic carbocycles. The maximum Gasteiger partial charge on any atom is 0.115 e. The molecule has 1 aliphatic rings. The molecule has 1 atom stereocenters. The zero-order valence-electron chi connectivity index (χ0n) is 13.6. The van der Waals surface area contributed by atoms with Gasteiger partial charge in [0.05, 0.1) is 6.04 Å². The van der Waals surface area contributed by atoms with E-state index >= 15 is 0 Å². The number of nitrogens with zero attached hydrogens (tertiary/aromatic N) is 1. The highest BCUT2D eigenvalue weighted by Crippen LogP contribution is 2.42. The van der Waals surface area contributed by atoms with Crippen LogP contribution in [-0.2, 0) is 6.42 Å². The molecule has 1 N–H and O–H groups in total. The van der Waals surface area contributed by atoms with Crippen LogP contribution in [0.1, 0.15) is 30.0 Å². The lowest BCUT2D eigenvalue weighted by molar-refractivity contribution is 0.470. The lowest BCUT2D eigenvalue weighted by Gasteiger charge is -2.37. The summed E-state index contributed by atoms with van der Waals surface area (Å²) in [6.45, 7) is 0. The normalized spacial score (nSPS) is 16.4. The standard InChI is InChI=1S/C22H21NO/c24-20-15-14-17-8-7-13-22(21(17)16-20)23(18-9-3-1-4-10-18)19-11-5-2-6-12-19/h1-6,9-12,14-16,22,24H,7-8,13H2. The largest absolute Gasteiger partial charge is 0.508 e. The monoisotopic (exact) mass is 315 g/mol. The number of aryl methyl sites for hydroxylation is 1. The predicted octanol–water partition coefficient (Wildman–Crippen LogP) is 5.61. The fourth-order valence-corrected chi connectivity index (χ4v) is 3.72. The van der Waals surface area contributed by atoms with Crippen LogP contribution in [0.25, 0.3) is 0 Å². The number of para-hydroxylation sites is 2. The third-order valence-electron chi connectivity index (χ3n) is 4.79. The molecule has 0 aliphatic heterocycles. The van der Waals surface area contributed by atoms with Crippen molar-refractivity contribution in [1.82, 2.24) is 0 Å². The molecule has 0 amide bonds. The molecule has 1 unspecified atom stereocenters. The molecule has 24 heavy (non-hydrogen) atoms. The first kappa shape index (κ1) is 14.8. The molecule has 0 bridgehead atoms. The Morgan fingerprint density at radius 1 is 0.792 bits per heavy atom. The molecular weight excluding hydrogens is 294 g/mol. The summed E-state index contributed by atoms with van der Waals surface area (Å²) in [5.74, 6) is 0.349. The Morgan fingerprint density at radius 2 is 1.42 bits per heavy atom. The zero-order chi connectivity index (χ0) is 16.4. The van der Waals surface area contributed by atoms with Crippen molar-refractivity contribution in [1.29, 1.82) is 0 Å². The van der Waals surface area contributed by atoms with Gasteiger partial charge in [-0.1, -0.05) is 42.5 Å². The van der Waals surface area contributed by atoms with Gasteiger partial charge in [0.25, 0.3) is 0 Å². The number of anilines is 2. The number of fused-ring (bicyclic) bond motifs is 1. The predicted molar refractivity (Wildman–Crippen MR) is 98.8 cm³/mol. The van der Waals surface area contributed by atoms with E-state index < -0.39 is 0 Å². The fraction of sp³-hybridized carbons (Fsp3) is 0.182. The minimum atomic E-state index is 0.241. The number of rotatable bonds is 3. The van der Waals surface area contributed by atoms with Crippen LogP contribution in [0.2, 0.25) is 0 Å². The van der Waals surface area contributed by atoms with Gasteiger partial charge in [-0.25, -0.2) is 0 Å². The third kappa shape index (κ3) is 2.76. The van der Waals surface area contributed by atoms with Gasteiger partial charge < -0.3 is 10.0 Å². The number of benzene rings is 3. The first-order valence-electron chi connectivity index (χ1n) is 8.54. The molecule has 0 spiro atoms.